The van der Waals surface area contributed by atoms with Gasteiger partial charge in [0.25, 0.3) is 0 Å². The van der Waals surface area contributed by atoms with Crippen molar-refractivity contribution in [2.75, 3.05) is 13.2 Å². The highest BCUT2D eigenvalue weighted by molar-refractivity contribution is 5.76. The Morgan fingerprint density at radius 1 is 0.365 bits per heavy atom. The van der Waals surface area contributed by atoms with Crippen molar-refractivity contribution in [3.8, 4) is 0 Å². The van der Waals surface area contributed by atoms with E-state index in [2.05, 4.69) is 31.3 Å². The van der Waals surface area contributed by atoms with Crippen molar-refractivity contribution in [1.82, 2.24) is 5.32 Å². The average molecular weight is 1040 g/mol. The van der Waals surface area contributed by atoms with Crippen LogP contribution in [0.4, 0.5) is 0 Å². The fourth-order valence-electron chi connectivity index (χ4n) is 10.6. The summed E-state index contributed by atoms with van der Waals surface area (Å²) in [5.41, 5.74) is 0. The SMILES string of the molecule is CCCCCCCCCCCCCCCCCCCCCCCCC/C=C/C(O)C(CO)NC(=O)CCCCCCCCC/C=C\CCCCCCOC(=O)CCCCCCCCCCCCCCCCCCC. The maximum Gasteiger partial charge on any atom is 0.305 e. The van der Waals surface area contributed by atoms with Gasteiger partial charge in [0.05, 0.1) is 25.4 Å². The van der Waals surface area contributed by atoms with E-state index >= 15 is 0 Å². The summed E-state index contributed by atoms with van der Waals surface area (Å²) in [5, 5.41) is 23.2. The fraction of sp³-hybridized carbons (Fsp3) is 0.912. The van der Waals surface area contributed by atoms with Gasteiger partial charge in [0.15, 0.2) is 0 Å². The van der Waals surface area contributed by atoms with Gasteiger partial charge in [-0.05, 0) is 57.8 Å². The molecule has 6 heteroatoms. The van der Waals surface area contributed by atoms with Gasteiger partial charge in [0.2, 0.25) is 5.91 Å². The van der Waals surface area contributed by atoms with E-state index in [1.165, 1.54) is 276 Å². The van der Waals surface area contributed by atoms with Crippen LogP contribution in [0.2, 0.25) is 0 Å². The maximum absolute atomic E-state index is 12.5. The number of allylic oxidation sites excluding steroid dienone is 3. The summed E-state index contributed by atoms with van der Waals surface area (Å²) >= 11 is 0. The van der Waals surface area contributed by atoms with Gasteiger partial charge in [-0.25, -0.2) is 0 Å². The lowest BCUT2D eigenvalue weighted by molar-refractivity contribution is -0.143. The van der Waals surface area contributed by atoms with E-state index in [0.29, 0.717) is 19.4 Å². The molecule has 0 aliphatic carbocycles. The zero-order valence-electron chi connectivity index (χ0n) is 50.1. The van der Waals surface area contributed by atoms with Crippen LogP contribution in [0.25, 0.3) is 0 Å². The van der Waals surface area contributed by atoms with Crippen molar-refractivity contribution < 1.29 is 24.5 Å². The predicted octanol–water partition coefficient (Wildman–Crippen LogP) is 21.4. The second kappa shape index (κ2) is 63.9. The minimum atomic E-state index is -0.856. The van der Waals surface area contributed by atoms with Gasteiger partial charge in [-0.15, -0.1) is 0 Å². The van der Waals surface area contributed by atoms with Crippen LogP contribution in [0.3, 0.4) is 0 Å². The number of carbonyl (C=O) groups excluding carboxylic acids is 2. The van der Waals surface area contributed by atoms with Crippen LogP contribution in [-0.2, 0) is 14.3 Å². The molecule has 74 heavy (non-hydrogen) atoms. The number of aliphatic hydroxyl groups is 2. The van der Waals surface area contributed by atoms with E-state index < -0.39 is 12.1 Å². The van der Waals surface area contributed by atoms with Gasteiger partial charge >= 0.3 is 5.97 Å². The van der Waals surface area contributed by atoms with Gasteiger partial charge in [0, 0.05) is 12.8 Å². The molecule has 0 aromatic heterocycles. The van der Waals surface area contributed by atoms with E-state index in [9.17, 15) is 19.8 Å². The molecule has 3 N–H and O–H groups in total. The topological polar surface area (TPSA) is 95.9 Å². The molecule has 2 atom stereocenters. The molecule has 1 amide bonds. The lowest BCUT2D eigenvalue weighted by Crippen LogP contribution is -2.45. The van der Waals surface area contributed by atoms with Crippen LogP contribution in [0, 0.1) is 0 Å². The van der Waals surface area contributed by atoms with Crippen molar-refractivity contribution in [3.05, 3.63) is 24.3 Å². The molecular formula is C68H131NO5. The Bertz CT molecular complexity index is 1150. The van der Waals surface area contributed by atoms with Crippen LogP contribution in [0.1, 0.15) is 373 Å². The normalized spacial score (nSPS) is 12.6. The Morgan fingerprint density at radius 2 is 0.635 bits per heavy atom. The largest absolute Gasteiger partial charge is 0.466 e. The number of ether oxygens (including phenoxy) is 1. The first kappa shape index (κ1) is 72.3. The van der Waals surface area contributed by atoms with Crippen molar-refractivity contribution in [2.24, 2.45) is 0 Å². The van der Waals surface area contributed by atoms with Crippen molar-refractivity contribution in [2.45, 2.75) is 386 Å². The highest BCUT2D eigenvalue weighted by Gasteiger charge is 2.18. The Balaban J connectivity index is 3.47. The van der Waals surface area contributed by atoms with Gasteiger partial charge in [-0.3, -0.25) is 9.59 Å². The number of carbonyl (C=O) groups is 2. The second-order valence-electron chi connectivity index (χ2n) is 23.2. The highest BCUT2D eigenvalue weighted by Crippen LogP contribution is 2.18. The zero-order chi connectivity index (χ0) is 53.6. The molecule has 6 nitrogen and oxygen atoms in total. The summed E-state index contributed by atoms with van der Waals surface area (Å²) in [5.74, 6) is -0.0852. The third-order valence-corrected chi connectivity index (χ3v) is 15.7. The van der Waals surface area contributed by atoms with Crippen LogP contribution in [0.15, 0.2) is 24.3 Å². The molecule has 0 saturated heterocycles. The number of aliphatic hydroxyl groups excluding tert-OH is 2. The highest BCUT2D eigenvalue weighted by atomic mass is 16.5. The van der Waals surface area contributed by atoms with Gasteiger partial charge in [-0.1, -0.05) is 327 Å². The summed E-state index contributed by atoms with van der Waals surface area (Å²) in [4.78, 5) is 24.6. The molecule has 0 heterocycles. The number of amides is 1. The minimum absolute atomic E-state index is 0.00626. The number of hydrogen-bond acceptors (Lipinski definition) is 5. The summed E-state index contributed by atoms with van der Waals surface area (Å²) in [6.45, 7) is 4.91. The second-order valence-corrected chi connectivity index (χ2v) is 23.2. The minimum Gasteiger partial charge on any atom is -0.466 e. The lowest BCUT2D eigenvalue weighted by Gasteiger charge is -2.20. The molecule has 0 aliphatic rings. The quantitative estimate of drug-likeness (QED) is 0.0320. The van der Waals surface area contributed by atoms with E-state index in [-0.39, 0.29) is 18.5 Å². The Hall–Kier alpha value is -1.66. The molecule has 0 fully saturated rings. The Morgan fingerprint density at radius 3 is 0.959 bits per heavy atom. The summed E-state index contributed by atoms with van der Waals surface area (Å²) in [6.07, 6.45) is 79.5. The Kier molecular flexibility index (Phi) is 62.4. The van der Waals surface area contributed by atoms with Crippen molar-refractivity contribution in [3.63, 3.8) is 0 Å². The number of nitrogens with one attached hydrogen (secondary N) is 1. The molecule has 2 unspecified atom stereocenters. The average Bonchev–Trinajstić information content (AvgIpc) is 3.40. The molecule has 0 aliphatic heterocycles. The first-order valence-electron chi connectivity index (χ1n) is 33.6. The van der Waals surface area contributed by atoms with Crippen LogP contribution < -0.4 is 5.32 Å². The van der Waals surface area contributed by atoms with Gasteiger partial charge in [-0.2, -0.15) is 0 Å². The third-order valence-electron chi connectivity index (χ3n) is 15.7. The van der Waals surface area contributed by atoms with Gasteiger partial charge < -0.3 is 20.3 Å². The predicted molar refractivity (Wildman–Crippen MR) is 324 cm³/mol. The number of esters is 1. The van der Waals surface area contributed by atoms with Gasteiger partial charge in [0.1, 0.15) is 0 Å². The first-order chi connectivity index (χ1) is 36.5. The summed E-state index contributed by atoms with van der Waals surface area (Å²) in [7, 11) is 0. The van der Waals surface area contributed by atoms with E-state index in [0.717, 1.165) is 70.6 Å². The van der Waals surface area contributed by atoms with E-state index in [4.69, 9.17) is 4.74 Å². The zero-order valence-corrected chi connectivity index (χ0v) is 50.1. The van der Waals surface area contributed by atoms with E-state index in [1.807, 2.05) is 6.08 Å². The number of unbranched alkanes of at least 4 members (excludes halogenated alkanes) is 50. The molecule has 0 spiro atoms. The smallest absolute Gasteiger partial charge is 0.305 e. The lowest BCUT2D eigenvalue weighted by atomic mass is 10.0. The molecular weight excluding hydrogens is 911 g/mol. The van der Waals surface area contributed by atoms with Crippen molar-refractivity contribution >= 4 is 11.9 Å². The number of hydrogen-bond donors (Lipinski definition) is 3. The summed E-state index contributed by atoms with van der Waals surface area (Å²) < 4.78 is 5.48. The first-order valence-corrected chi connectivity index (χ1v) is 33.6. The number of rotatable bonds is 63. The fourth-order valence-corrected chi connectivity index (χ4v) is 10.6. The molecule has 438 valence electrons. The monoisotopic (exact) mass is 1040 g/mol. The third kappa shape index (κ3) is 59.6. The molecule has 0 saturated carbocycles. The molecule has 0 aromatic rings. The standard InChI is InChI=1S/C68H131NO5/c1-3-5-7-9-11-13-15-17-19-21-22-23-24-25-26-27-28-30-32-36-40-44-48-52-56-60-66(71)65(64-70)69-67(72)61-57-53-49-45-41-37-33-31-35-39-43-47-51-55-59-63-74-68(73)62-58-54-50-46-42-38-34-29-20-18-16-14-12-10-8-6-4-2/h35,39,56,60,65-66,70-71H,3-34,36-38,40-55,57-59,61-64H2,1-2H3,(H,69,72)/b39-35-,60-56+. The molecule has 0 aromatic carbocycles. The van der Waals surface area contributed by atoms with Crippen molar-refractivity contribution in [1.29, 1.82) is 0 Å². The molecule has 0 radical (unpaired) electrons. The maximum atomic E-state index is 12.5. The molecule has 0 bridgehead atoms. The Labute approximate surface area is 462 Å². The van der Waals surface area contributed by atoms with Crippen LogP contribution in [0.5, 0.6) is 0 Å². The van der Waals surface area contributed by atoms with E-state index in [1.54, 1.807) is 6.08 Å². The summed E-state index contributed by atoms with van der Waals surface area (Å²) in [6, 6.07) is -0.641. The van der Waals surface area contributed by atoms with Crippen LogP contribution in [-0.4, -0.2) is 47.4 Å². The molecule has 0 rings (SSSR count). The van der Waals surface area contributed by atoms with Crippen LogP contribution >= 0.6 is 0 Å².